The standard InChI is InChI=1S/C12H15NOS/c1-8-5-10(14)9(12(2,3)4)6-11(8)15-7-13/h5-6,14H,1-4H3. The lowest BCUT2D eigenvalue weighted by molar-refractivity contribution is 0.445. The fraction of sp³-hybridized carbons (Fsp3) is 0.417. The zero-order valence-electron chi connectivity index (χ0n) is 9.46. The van der Waals surface area contributed by atoms with E-state index in [0.717, 1.165) is 27.8 Å². The van der Waals surface area contributed by atoms with Crippen molar-refractivity contribution in [1.29, 1.82) is 5.26 Å². The van der Waals surface area contributed by atoms with Crippen LogP contribution >= 0.6 is 11.8 Å². The largest absolute Gasteiger partial charge is 0.508 e. The first-order valence-electron chi connectivity index (χ1n) is 4.76. The Morgan fingerprint density at radius 1 is 1.33 bits per heavy atom. The van der Waals surface area contributed by atoms with E-state index in [9.17, 15) is 5.11 Å². The summed E-state index contributed by atoms with van der Waals surface area (Å²) in [6.07, 6.45) is 0. The van der Waals surface area contributed by atoms with Crippen molar-refractivity contribution < 1.29 is 5.11 Å². The van der Waals surface area contributed by atoms with Gasteiger partial charge in [0.25, 0.3) is 0 Å². The fourth-order valence-corrected chi connectivity index (χ4v) is 1.93. The lowest BCUT2D eigenvalue weighted by Crippen LogP contribution is -2.11. The van der Waals surface area contributed by atoms with E-state index in [1.807, 2.05) is 33.8 Å². The van der Waals surface area contributed by atoms with Crippen LogP contribution in [0.3, 0.4) is 0 Å². The minimum atomic E-state index is -0.109. The van der Waals surface area contributed by atoms with E-state index in [0.29, 0.717) is 5.75 Å². The molecule has 0 saturated heterocycles. The molecule has 0 amide bonds. The van der Waals surface area contributed by atoms with E-state index in [1.54, 1.807) is 6.07 Å². The van der Waals surface area contributed by atoms with Gasteiger partial charge >= 0.3 is 0 Å². The topological polar surface area (TPSA) is 44.0 Å². The van der Waals surface area contributed by atoms with Gasteiger partial charge in [-0.1, -0.05) is 20.8 Å². The minimum Gasteiger partial charge on any atom is -0.508 e. The van der Waals surface area contributed by atoms with Crippen LogP contribution in [-0.4, -0.2) is 5.11 Å². The van der Waals surface area contributed by atoms with Crippen LogP contribution in [0.5, 0.6) is 5.75 Å². The van der Waals surface area contributed by atoms with E-state index in [1.165, 1.54) is 0 Å². The number of phenols is 1. The molecule has 1 aromatic carbocycles. The van der Waals surface area contributed by atoms with Gasteiger partial charge < -0.3 is 5.11 Å². The summed E-state index contributed by atoms with van der Waals surface area (Å²) < 4.78 is 0. The van der Waals surface area contributed by atoms with Crippen LogP contribution in [0.4, 0.5) is 0 Å². The highest BCUT2D eigenvalue weighted by Gasteiger charge is 2.19. The highest BCUT2D eigenvalue weighted by Crippen LogP contribution is 2.35. The van der Waals surface area contributed by atoms with Gasteiger partial charge in [0, 0.05) is 10.5 Å². The summed E-state index contributed by atoms with van der Waals surface area (Å²) in [4.78, 5) is 0.917. The maximum atomic E-state index is 9.83. The smallest absolute Gasteiger partial charge is 0.138 e. The van der Waals surface area contributed by atoms with Crippen LogP contribution < -0.4 is 0 Å². The molecule has 80 valence electrons. The molecule has 0 aliphatic rings. The third kappa shape index (κ3) is 2.66. The van der Waals surface area contributed by atoms with Crippen molar-refractivity contribution >= 4 is 11.8 Å². The lowest BCUT2D eigenvalue weighted by Gasteiger charge is -2.21. The maximum Gasteiger partial charge on any atom is 0.138 e. The molecule has 0 atom stereocenters. The van der Waals surface area contributed by atoms with Crippen molar-refractivity contribution in [3.05, 3.63) is 23.3 Å². The number of benzene rings is 1. The molecule has 1 rings (SSSR count). The van der Waals surface area contributed by atoms with Gasteiger partial charge in [-0.15, -0.1) is 0 Å². The summed E-state index contributed by atoms with van der Waals surface area (Å²) in [5, 5.41) is 20.5. The third-order valence-corrected chi connectivity index (χ3v) is 3.01. The Bertz CT molecular complexity index is 413. The third-order valence-electron chi connectivity index (χ3n) is 2.26. The van der Waals surface area contributed by atoms with E-state index < -0.39 is 0 Å². The van der Waals surface area contributed by atoms with Crippen molar-refractivity contribution in [3.8, 4) is 11.2 Å². The molecule has 1 aromatic rings. The van der Waals surface area contributed by atoms with Crippen LogP contribution in [-0.2, 0) is 5.41 Å². The van der Waals surface area contributed by atoms with Crippen LogP contribution in [0.2, 0.25) is 0 Å². The first-order valence-corrected chi connectivity index (χ1v) is 5.58. The molecular formula is C12H15NOS. The second kappa shape index (κ2) is 4.16. The average Bonchev–Trinajstić information content (AvgIpc) is 2.07. The summed E-state index contributed by atoms with van der Waals surface area (Å²) >= 11 is 1.14. The van der Waals surface area contributed by atoms with Gasteiger partial charge in [-0.05, 0) is 41.8 Å². The van der Waals surface area contributed by atoms with Gasteiger partial charge in [0.2, 0.25) is 0 Å². The number of hydrogen-bond acceptors (Lipinski definition) is 3. The molecule has 0 aliphatic heterocycles. The van der Waals surface area contributed by atoms with Crippen molar-refractivity contribution in [2.45, 2.75) is 38.0 Å². The highest BCUT2D eigenvalue weighted by atomic mass is 32.2. The molecule has 0 saturated carbocycles. The van der Waals surface area contributed by atoms with Crippen LogP contribution in [0.25, 0.3) is 0 Å². The summed E-state index contributed by atoms with van der Waals surface area (Å²) in [5.41, 5.74) is 1.71. The van der Waals surface area contributed by atoms with Gasteiger partial charge in [-0.2, -0.15) is 5.26 Å². The lowest BCUT2D eigenvalue weighted by atomic mass is 9.86. The monoisotopic (exact) mass is 221 g/mol. The Labute approximate surface area is 94.9 Å². The number of thiocyanates is 1. The Balaban J connectivity index is 3.31. The Hall–Kier alpha value is -1.14. The zero-order valence-corrected chi connectivity index (χ0v) is 10.3. The summed E-state index contributed by atoms with van der Waals surface area (Å²) in [5.74, 6) is 0.308. The van der Waals surface area contributed by atoms with E-state index in [2.05, 4.69) is 5.40 Å². The number of hydrogen-bond donors (Lipinski definition) is 1. The van der Waals surface area contributed by atoms with Crippen molar-refractivity contribution in [2.75, 3.05) is 0 Å². The first kappa shape index (κ1) is 11.9. The Kier molecular flexibility index (Phi) is 3.31. The predicted octanol–water partition coefficient (Wildman–Crippen LogP) is 3.57. The molecule has 0 fully saturated rings. The van der Waals surface area contributed by atoms with E-state index in [4.69, 9.17) is 5.26 Å². The first-order chi connectivity index (χ1) is 6.86. The summed E-state index contributed by atoms with van der Waals surface area (Å²) in [6, 6.07) is 3.62. The van der Waals surface area contributed by atoms with Crippen LogP contribution in [0.1, 0.15) is 31.9 Å². The van der Waals surface area contributed by atoms with Crippen molar-refractivity contribution in [1.82, 2.24) is 0 Å². The Morgan fingerprint density at radius 3 is 2.40 bits per heavy atom. The number of nitrogens with zero attached hydrogens (tertiary/aromatic N) is 1. The number of phenolic OH excluding ortho intramolecular Hbond substituents is 1. The zero-order chi connectivity index (χ0) is 11.6. The molecule has 0 bridgehead atoms. The van der Waals surface area contributed by atoms with Gasteiger partial charge in [-0.25, -0.2) is 0 Å². The molecular weight excluding hydrogens is 206 g/mol. The fourth-order valence-electron chi connectivity index (χ4n) is 1.43. The number of aromatic hydroxyl groups is 1. The number of thioether (sulfide) groups is 1. The number of nitriles is 1. The number of rotatable bonds is 1. The maximum absolute atomic E-state index is 9.83. The summed E-state index contributed by atoms with van der Waals surface area (Å²) in [7, 11) is 0. The van der Waals surface area contributed by atoms with E-state index >= 15 is 0 Å². The predicted molar refractivity (Wildman–Crippen MR) is 63.0 cm³/mol. The molecule has 1 N–H and O–H groups in total. The Morgan fingerprint density at radius 2 is 1.93 bits per heavy atom. The number of aryl methyl sites for hydroxylation is 1. The van der Waals surface area contributed by atoms with Gasteiger partial charge in [0.1, 0.15) is 11.2 Å². The quantitative estimate of drug-likeness (QED) is 0.582. The van der Waals surface area contributed by atoms with Crippen LogP contribution in [0, 0.1) is 17.6 Å². The molecule has 3 heteroatoms. The van der Waals surface area contributed by atoms with Crippen molar-refractivity contribution in [3.63, 3.8) is 0 Å². The van der Waals surface area contributed by atoms with E-state index in [-0.39, 0.29) is 5.41 Å². The molecule has 0 heterocycles. The van der Waals surface area contributed by atoms with Crippen molar-refractivity contribution in [2.24, 2.45) is 0 Å². The SMILES string of the molecule is Cc1cc(O)c(C(C)(C)C)cc1SC#N. The summed E-state index contributed by atoms with van der Waals surface area (Å²) in [6.45, 7) is 8.01. The molecule has 2 nitrogen and oxygen atoms in total. The molecule has 0 unspecified atom stereocenters. The van der Waals surface area contributed by atoms with Gasteiger partial charge in [-0.3, -0.25) is 0 Å². The second-order valence-corrected chi connectivity index (χ2v) is 5.40. The van der Waals surface area contributed by atoms with Gasteiger partial charge in [0.15, 0.2) is 0 Å². The average molecular weight is 221 g/mol. The highest BCUT2D eigenvalue weighted by molar-refractivity contribution is 8.03. The normalized spacial score (nSPS) is 11.1. The minimum absolute atomic E-state index is 0.109. The second-order valence-electron chi connectivity index (χ2n) is 4.58. The van der Waals surface area contributed by atoms with Gasteiger partial charge in [0.05, 0.1) is 0 Å². The molecule has 15 heavy (non-hydrogen) atoms. The molecule has 0 aliphatic carbocycles. The molecule has 0 aromatic heterocycles. The molecule has 0 radical (unpaired) electrons. The van der Waals surface area contributed by atoms with Crippen LogP contribution in [0.15, 0.2) is 17.0 Å². The molecule has 0 spiro atoms.